The van der Waals surface area contributed by atoms with Gasteiger partial charge < -0.3 is 14.8 Å². The van der Waals surface area contributed by atoms with Crippen LogP contribution < -0.4 is 14.8 Å². The molecule has 0 aliphatic carbocycles. The molecule has 132 valence electrons. The van der Waals surface area contributed by atoms with E-state index in [9.17, 15) is 10.1 Å². The van der Waals surface area contributed by atoms with Gasteiger partial charge in [0, 0.05) is 23.2 Å². The van der Waals surface area contributed by atoms with E-state index in [4.69, 9.17) is 9.47 Å². The van der Waals surface area contributed by atoms with Crippen molar-refractivity contribution < 1.29 is 14.3 Å². The predicted octanol–water partition coefficient (Wildman–Crippen LogP) is 3.41. The lowest BCUT2D eigenvalue weighted by atomic mass is 9.82. The summed E-state index contributed by atoms with van der Waals surface area (Å²) >= 11 is 0. The summed E-state index contributed by atoms with van der Waals surface area (Å²) in [6.45, 7) is 2.01. The largest absolute Gasteiger partial charge is 0.497 e. The fourth-order valence-electron chi connectivity index (χ4n) is 3.09. The van der Waals surface area contributed by atoms with Gasteiger partial charge in [0.1, 0.15) is 17.4 Å². The van der Waals surface area contributed by atoms with Crippen LogP contribution >= 0.6 is 0 Å². The third-order valence-electron chi connectivity index (χ3n) is 4.55. The molecule has 1 N–H and O–H groups in total. The van der Waals surface area contributed by atoms with Crippen molar-refractivity contribution in [3.05, 3.63) is 65.2 Å². The summed E-state index contributed by atoms with van der Waals surface area (Å²) in [6.07, 6.45) is 1.92. The fourth-order valence-corrected chi connectivity index (χ4v) is 3.09. The van der Waals surface area contributed by atoms with Crippen molar-refractivity contribution in [3.63, 3.8) is 0 Å². The Morgan fingerprint density at radius 3 is 2.42 bits per heavy atom. The monoisotopic (exact) mass is 348 g/mol. The predicted molar refractivity (Wildman–Crippen MR) is 98.7 cm³/mol. The number of nitriles is 1. The molecule has 0 saturated heterocycles. The molecule has 2 aromatic carbocycles. The minimum absolute atomic E-state index is 0.312. The van der Waals surface area contributed by atoms with Gasteiger partial charge in [0.15, 0.2) is 0 Å². The van der Waals surface area contributed by atoms with Crippen molar-refractivity contribution >= 4 is 11.6 Å². The van der Waals surface area contributed by atoms with Crippen LogP contribution in [0.1, 0.15) is 22.6 Å². The second kappa shape index (κ2) is 7.32. The van der Waals surface area contributed by atoms with Crippen LogP contribution in [-0.2, 0) is 4.79 Å². The van der Waals surface area contributed by atoms with Crippen molar-refractivity contribution in [1.29, 1.82) is 5.26 Å². The van der Waals surface area contributed by atoms with Crippen LogP contribution in [-0.4, -0.2) is 20.1 Å². The van der Waals surface area contributed by atoms with E-state index in [1.54, 1.807) is 26.4 Å². The summed E-state index contributed by atoms with van der Waals surface area (Å²) < 4.78 is 10.7. The normalized spacial score (nSPS) is 19.2. The van der Waals surface area contributed by atoms with Crippen molar-refractivity contribution in [2.45, 2.75) is 12.8 Å². The van der Waals surface area contributed by atoms with E-state index in [2.05, 4.69) is 11.4 Å². The smallest absolute Gasteiger partial charge is 0.242 e. The Kier molecular flexibility index (Phi) is 4.94. The first-order valence-corrected chi connectivity index (χ1v) is 8.28. The molecule has 2 aromatic rings. The van der Waals surface area contributed by atoms with E-state index in [1.165, 1.54) is 0 Å². The standard InChI is InChI=1S/C21H20N2O3/c1-13-4-6-14(7-5-13)19-11-17(18(12-22)21(24)23-19)16-9-8-15(25-2)10-20(16)26-3/h4-11,17-18H,1-3H3,(H,23,24). The molecule has 0 aromatic heterocycles. The fraction of sp³-hybridized carbons (Fsp3) is 0.238. The molecule has 26 heavy (non-hydrogen) atoms. The van der Waals surface area contributed by atoms with Gasteiger partial charge in [0.25, 0.3) is 0 Å². The zero-order chi connectivity index (χ0) is 18.7. The SMILES string of the molecule is COc1ccc(C2C=C(c3ccc(C)cc3)NC(=O)C2C#N)c(OC)c1. The summed E-state index contributed by atoms with van der Waals surface area (Å²) in [7, 11) is 3.14. The molecule has 0 saturated carbocycles. The number of hydrogen-bond acceptors (Lipinski definition) is 4. The number of nitrogens with one attached hydrogen (secondary N) is 1. The first-order chi connectivity index (χ1) is 12.6. The minimum Gasteiger partial charge on any atom is -0.497 e. The van der Waals surface area contributed by atoms with Crippen LogP contribution in [0.15, 0.2) is 48.5 Å². The summed E-state index contributed by atoms with van der Waals surface area (Å²) in [5.41, 5.74) is 3.52. The van der Waals surface area contributed by atoms with Gasteiger partial charge in [-0.25, -0.2) is 0 Å². The molecular weight excluding hydrogens is 328 g/mol. The molecule has 1 aliphatic rings. The molecule has 0 fully saturated rings. The molecule has 2 unspecified atom stereocenters. The molecule has 3 rings (SSSR count). The Morgan fingerprint density at radius 1 is 1.08 bits per heavy atom. The van der Waals surface area contributed by atoms with Crippen LogP contribution in [0.3, 0.4) is 0 Å². The number of ether oxygens (including phenoxy) is 2. The van der Waals surface area contributed by atoms with Crippen LogP contribution in [0.2, 0.25) is 0 Å². The van der Waals surface area contributed by atoms with Gasteiger partial charge in [-0.3, -0.25) is 4.79 Å². The number of aryl methyl sites for hydroxylation is 1. The first kappa shape index (κ1) is 17.6. The van der Waals surface area contributed by atoms with Crippen molar-refractivity contribution in [2.75, 3.05) is 14.2 Å². The second-order valence-corrected chi connectivity index (χ2v) is 6.18. The average Bonchev–Trinajstić information content (AvgIpc) is 2.67. The zero-order valence-electron chi connectivity index (χ0n) is 14.9. The molecule has 1 heterocycles. The van der Waals surface area contributed by atoms with E-state index in [0.717, 1.165) is 16.7 Å². The van der Waals surface area contributed by atoms with Crippen LogP contribution in [0.25, 0.3) is 5.70 Å². The van der Waals surface area contributed by atoms with Gasteiger partial charge in [0.05, 0.1) is 20.3 Å². The number of amides is 1. The highest BCUT2D eigenvalue weighted by molar-refractivity contribution is 5.93. The summed E-state index contributed by atoms with van der Waals surface area (Å²) in [6, 6.07) is 15.4. The van der Waals surface area contributed by atoms with E-state index < -0.39 is 11.8 Å². The Bertz CT molecular complexity index is 894. The number of rotatable bonds is 4. The quantitative estimate of drug-likeness (QED) is 0.919. The number of benzene rings is 2. The highest BCUT2D eigenvalue weighted by Crippen LogP contribution is 2.39. The minimum atomic E-state index is -0.827. The first-order valence-electron chi connectivity index (χ1n) is 8.28. The average molecular weight is 348 g/mol. The van der Waals surface area contributed by atoms with Crippen LogP contribution in [0.5, 0.6) is 11.5 Å². The maximum atomic E-state index is 12.5. The summed E-state index contributed by atoms with van der Waals surface area (Å²) in [4.78, 5) is 12.5. The topological polar surface area (TPSA) is 71.3 Å². The lowest BCUT2D eigenvalue weighted by Gasteiger charge is -2.27. The Balaban J connectivity index is 2.10. The number of allylic oxidation sites excluding steroid dienone is 1. The highest BCUT2D eigenvalue weighted by Gasteiger charge is 2.35. The zero-order valence-corrected chi connectivity index (χ0v) is 14.9. The number of hydrogen-bond donors (Lipinski definition) is 1. The van der Waals surface area contributed by atoms with Gasteiger partial charge in [-0.15, -0.1) is 0 Å². The van der Waals surface area contributed by atoms with Gasteiger partial charge in [0.2, 0.25) is 5.91 Å². The van der Waals surface area contributed by atoms with Crippen LogP contribution in [0, 0.1) is 24.2 Å². The van der Waals surface area contributed by atoms with Gasteiger partial charge in [-0.1, -0.05) is 42.0 Å². The third kappa shape index (κ3) is 3.27. The van der Waals surface area contributed by atoms with E-state index in [0.29, 0.717) is 17.2 Å². The Labute approximate surface area is 152 Å². The van der Waals surface area contributed by atoms with E-state index in [1.807, 2.05) is 43.3 Å². The lowest BCUT2D eigenvalue weighted by Crippen LogP contribution is -2.36. The third-order valence-corrected chi connectivity index (χ3v) is 4.55. The number of carbonyl (C=O) groups excluding carboxylic acids is 1. The van der Waals surface area contributed by atoms with Crippen molar-refractivity contribution in [2.24, 2.45) is 5.92 Å². The number of methoxy groups -OCH3 is 2. The second-order valence-electron chi connectivity index (χ2n) is 6.18. The molecule has 5 heteroatoms. The molecule has 1 amide bonds. The molecule has 1 aliphatic heterocycles. The number of carbonyl (C=O) groups is 1. The van der Waals surface area contributed by atoms with Crippen molar-refractivity contribution in [1.82, 2.24) is 5.32 Å². The van der Waals surface area contributed by atoms with Gasteiger partial charge in [-0.2, -0.15) is 5.26 Å². The molecule has 5 nitrogen and oxygen atoms in total. The maximum absolute atomic E-state index is 12.5. The number of nitrogens with zero attached hydrogens (tertiary/aromatic N) is 1. The molecule has 2 atom stereocenters. The lowest BCUT2D eigenvalue weighted by molar-refractivity contribution is -0.122. The van der Waals surface area contributed by atoms with E-state index in [-0.39, 0.29) is 5.91 Å². The molecular formula is C21H20N2O3. The van der Waals surface area contributed by atoms with Crippen molar-refractivity contribution in [3.8, 4) is 17.6 Å². The van der Waals surface area contributed by atoms with Gasteiger partial charge >= 0.3 is 0 Å². The summed E-state index contributed by atoms with van der Waals surface area (Å²) in [5.74, 6) is -0.309. The Morgan fingerprint density at radius 2 is 1.81 bits per heavy atom. The van der Waals surface area contributed by atoms with Crippen LogP contribution in [0.4, 0.5) is 0 Å². The van der Waals surface area contributed by atoms with Gasteiger partial charge in [-0.05, 0) is 18.6 Å². The molecule has 0 spiro atoms. The molecule has 0 bridgehead atoms. The summed E-state index contributed by atoms with van der Waals surface area (Å²) in [5, 5.41) is 12.4. The molecule has 0 radical (unpaired) electrons. The highest BCUT2D eigenvalue weighted by atomic mass is 16.5. The van der Waals surface area contributed by atoms with E-state index >= 15 is 0 Å². The Hall–Kier alpha value is -3.26. The maximum Gasteiger partial charge on any atom is 0.242 e.